The molecular formula is C24H29ClN4O4S. The minimum absolute atomic E-state index is 0.181. The molecule has 4 rings (SSSR count). The SMILES string of the molecule is O=C(NCCCN1CCCC1)c1ccc2c(c1)NC(=O)C(CS(=O)(=O)Cc1ccc(Cl)cc1)N2. The average molecular weight is 505 g/mol. The van der Waals surface area contributed by atoms with Gasteiger partial charge >= 0.3 is 0 Å². The summed E-state index contributed by atoms with van der Waals surface area (Å²) in [7, 11) is -3.56. The molecule has 34 heavy (non-hydrogen) atoms. The first-order valence-electron chi connectivity index (χ1n) is 11.5. The van der Waals surface area contributed by atoms with E-state index in [0.29, 0.717) is 34.1 Å². The Balaban J connectivity index is 1.32. The molecule has 0 saturated carbocycles. The maximum Gasteiger partial charge on any atom is 0.251 e. The molecule has 0 bridgehead atoms. The van der Waals surface area contributed by atoms with Crippen LogP contribution in [-0.2, 0) is 20.4 Å². The minimum Gasteiger partial charge on any atom is -0.371 e. The van der Waals surface area contributed by atoms with Crippen LogP contribution < -0.4 is 16.0 Å². The number of sulfone groups is 1. The van der Waals surface area contributed by atoms with E-state index in [1.54, 1.807) is 42.5 Å². The maximum atomic E-state index is 12.7. The number of hydrogen-bond acceptors (Lipinski definition) is 6. The van der Waals surface area contributed by atoms with Crippen molar-refractivity contribution in [3.05, 3.63) is 58.6 Å². The molecule has 1 unspecified atom stereocenters. The summed E-state index contributed by atoms with van der Waals surface area (Å²) in [5.41, 5.74) is 2.09. The summed E-state index contributed by atoms with van der Waals surface area (Å²) in [6, 6.07) is 10.6. The molecule has 182 valence electrons. The Bertz CT molecular complexity index is 1150. The van der Waals surface area contributed by atoms with Gasteiger partial charge in [-0.2, -0.15) is 0 Å². The first-order chi connectivity index (χ1) is 16.3. The van der Waals surface area contributed by atoms with Crippen molar-refractivity contribution in [3.63, 3.8) is 0 Å². The zero-order valence-electron chi connectivity index (χ0n) is 18.8. The molecule has 0 radical (unpaired) electrons. The van der Waals surface area contributed by atoms with E-state index in [0.717, 1.165) is 26.1 Å². The zero-order valence-corrected chi connectivity index (χ0v) is 20.4. The summed E-state index contributed by atoms with van der Waals surface area (Å²) in [6.45, 7) is 3.83. The Hall–Kier alpha value is -2.62. The quantitative estimate of drug-likeness (QED) is 0.453. The number of anilines is 2. The Morgan fingerprint density at radius 1 is 1.09 bits per heavy atom. The van der Waals surface area contributed by atoms with Crippen molar-refractivity contribution in [2.75, 3.05) is 42.6 Å². The minimum atomic E-state index is -3.56. The highest BCUT2D eigenvalue weighted by molar-refractivity contribution is 7.90. The molecule has 0 aliphatic carbocycles. The third-order valence-corrected chi connectivity index (χ3v) is 7.91. The van der Waals surface area contributed by atoms with Crippen LogP contribution in [-0.4, -0.2) is 63.1 Å². The molecule has 2 aliphatic rings. The van der Waals surface area contributed by atoms with Gasteiger partial charge in [0.2, 0.25) is 5.91 Å². The van der Waals surface area contributed by atoms with Gasteiger partial charge in [-0.05, 0) is 74.8 Å². The monoisotopic (exact) mass is 504 g/mol. The van der Waals surface area contributed by atoms with Gasteiger partial charge in [0.05, 0.1) is 22.9 Å². The van der Waals surface area contributed by atoms with Crippen LogP contribution in [0.15, 0.2) is 42.5 Å². The Morgan fingerprint density at radius 3 is 2.56 bits per heavy atom. The summed E-state index contributed by atoms with van der Waals surface area (Å²) in [5.74, 6) is -1.18. The number of likely N-dealkylation sites (tertiary alicyclic amines) is 1. The molecule has 1 fully saturated rings. The molecule has 2 amide bonds. The van der Waals surface area contributed by atoms with Gasteiger partial charge in [-0.1, -0.05) is 23.7 Å². The lowest BCUT2D eigenvalue weighted by Gasteiger charge is -2.27. The number of benzene rings is 2. The van der Waals surface area contributed by atoms with Crippen molar-refractivity contribution in [2.45, 2.75) is 31.1 Å². The largest absolute Gasteiger partial charge is 0.371 e. The van der Waals surface area contributed by atoms with Gasteiger partial charge in [0.1, 0.15) is 6.04 Å². The number of amides is 2. The first kappa shape index (κ1) is 24.5. The standard InChI is InChI=1S/C24H29ClN4O4S/c25-19-7-4-17(5-8-19)15-34(32,33)16-22-24(31)28-21-14-18(6-9-20(21)27-22)23(30)26-10-3-13-29-11-1-2-12-29/h4-9,14,22,27H,1-3,10-13,15-16H2,(H,26,30)(H,28,31). The van der Waals surface area contributed by atoms with Crippen molar-refractivity contribution >= 4 is 44.6 Å². The third-order valence-electron chi connectivity index (χ3n) is 6.04. The smallest absolute Gasteiger partial charge is 0.251 e. The fourth-order valence-corrected chi connectivity index (χ4v) is 5.95. The van der Waals surface area contributed by atoms with Crippen molar-refractivity contribution in [3.8, 4) is 0 Å². The highest BCUT2D eigenvalue weighted by Crippen LogP contribution is 2.28. The van der Waals surface area contributed by atoms with Crippen LogP contribution >= 0.6 is 11.6 Å². The van der Waals surface area contributed by atoms with E-state index < -0.39 is 21.8 Å². The van der Waals surface area contributed by atoms with Crippen LogP contribution in [0.25, 0.3) is 0 Å². The molecular weight excluding hydrogens is 476 g/mol. The Labute approximate surface area is 205 Å². The summed E-state index contributed by atoms with van der Waals surface area (Å²) in [4.78, 5) is 27.5. The van der Waals surface area contributed by atoms with Gasteiger partial charge < -0.3 is 20.9 Å². The van der Waals surface area contributed by atoms with Crippen molar-refractivity contribution in [1.82, 2.24) is 10.2 Å². The molecule has 8 nitrogen and oxygen atoms in total. The lowest BCUT2D eigenvalue weighted by Crippen LogP contribution is -2.43. The topological polar surface area (TPSA) is 108 Å². The van der Waals surface area contributed by atoms with E-state index in [4.69, 9.17) is 11.6 Å². The Morgan fingerprint density at radius 2 is 1.82 bits per heavy atom. The molecule has 2 aromatic rings. The molecule has 1 atom stereocenters. The number of carbonyl (C=O) groups excluding carboxylic acids is 2. The maximum absolute atomic E-state index is 12.7. The van der Waals surface area contributed by atoms with Gasteiger partial charge in [0.25, 0.3) is 5.91 Å². The molecule has 1 saturated heterocycles. The van der Waals surface area contributed by atoms with Crippen molar-refractivity contribution in [2.24, 2.45) is 0 Å². The second-order valence-corrected chi connectivity index (χ2v) is 11.3. The van der Waals surface area contributed by atoms with Crippen LogP contribution in [0.5, 0.6) is 0 Å². The number of hydrogen-bond donors (Lipinski definition) is 3. The van der Waals surface area contributed by atoms with Crippen LogP contribution in [0.1, 0.15) is 35.2 Å². The van der Waals surface area contributed by atoms with Crippen LogP contribution in [0.4, 0.5) is 11.4 Å². The molecule has 0 spiro atoms. The van der Waals surface area contributed by atoms with E-state index in [9.17, 15) is 18.0 Å². The fourth-order valence-electron chi connectivity index (χ4n) is 4.27. The highest BCUT2D eigenvalue weighted by Gasteiger charge is 2.30. The molecule has 10 heteroatoms. The van der Waals surface area contributed by atoms with Gasteiger partial charge in [0, 0.05) is 17.1 Å². The van der Waals surface area contributed by atoms with Gasteiger partial charge in [-0.15, -0.1) is 0 Å². The molecule has 2 aliphatic heterocycles. The average Bonchev–Trinajstić information content (AvgIpc) is 3.31. The Kier molecular flexibility index (Phi) is 7.75. The van der Waals surface area contributed by atoms with Crippen molar-refractivity contribution < 1.29 is 18.0 Å². The second-order valence-electron chi connectivity index (χ2n) is 8.79. The number of halogens is 1. The molecule has 0 aromatic heterocycles. The highest BCUT2D eigenvalue weighted by atomic mass is 35.5. The number of nitrogens with zero attached hydrogens (tertiary/aromatic N) is 1. The third kappa shape index (κ3) is 6.49. The second kappa shape index (κ2) is 10.8. The molecule has 2 heterocycles. The number of fused-ring (bicyclic) bond motifs is 1. The number of carbonyl (C=O) groups is 2. The normalized spacial score (nSPS) is 18.1. The van der Waals surface area contributed by atoms with E-state index in [2.05, 4.69) is 20.9 Å². The van der Waals surface area contributed by atoms with E-state index in [1.807, 2.05) is 0 Å². The zero-order chi connectivity index (χ0) is 24.1. The summed E-state index contributed by atoms with van der Waals surface area (Å²) in [5, 5.41) is 9.18. The van der Waals surface area contributed by atoms with Gasteiger partial charge in [0.15, 0.2) is 9.84 Å². The van der Waals surface area contributed by atoms with Gasteiger partial charge in [-0.25, -0.2) is 8.42 Å². The predicted octanol–water partition coefficient (Wildman–Crippen LogP) is 2.90. The number of nitrogens with one attached hydrogen (secondary N) is 3. The van der Waals surface area contributed by atoms with Crippen LogP contribution in [0.3, 0.4) is 0 Å². The van der Waals surface area contributed by atoms with E-state index >= 15 is 0 Å². The van der Waals surface area contributed by atoms with Crippen LogP contribution in [0.2, 0.25) is 5.02 Å². The molecule has 2 aromatic carbocycles. The lowest BCUT2D eigenvalue weighted by atomic mass is 10.1. The van der Waals surface area contributed by atoms with Gasteiger partial charge in [-0.3, -0.25) is 9.59 Å². The summed E-state index contributed by atoms with van der Waals surface area (Å²) < 4.78 is 25.3. The summed E-state index contributed by atoms with van der Waals surface area (Å²) in [6.07, 6.45) is 3.38. The van der Waals surface area contributed by atoms with E-state index in [1.165, 1.54) is 12.8 Å². The van der Waals surface area contributed by atoms with Crippen LogP contribution in [0, 0.1) is 0 Å². The predicted molar refractivity (Wildman–Crippen MR) is 134 cm³/mol. The summed E-state index contributed by atoms with van der Waals surface area (Å²) >= 11 is 5.85. The first-order valence-corrected chi connectivity index (χ1v) is 13.7. The van der Waals surface area contributed by atoms with Crippen molar-refractivity contribution in [1.29, 1.82) is 0 Å². The lowest BCUT2D eigenvalue weighted by molar-refractivity contribution is -0.116. The molecule has 3 N–H and O–H groups in total. The number of rotatable bonds is 9. The fraction of sp³-hybridized carbons (Fsp3) is 0.417. The van der Waals surface area contributed by atoms with E-state index in [-0.39, 0.29) is 17.4 Å².